The molecule has 0 spiro atoms. The van der Waals surface area contributed by atoms with Gasteiger partial charge in [-0.25, -0.2) is 0 Å². The van der Waals surface area contributed by atoms with Crippen molar-refractivity contribution in [1.29, 1.82) is 0 Å². The second kappa shape index (κ2) is 6.17. The third-order valence-electron chi connectivity index (χ3n) is 3.75. The van der Waals surface area contributed by atoms with Crippen LogP contribution in [0.3, 0.4) is 0 Å². The van der Waals surface area contributed by atoms with Gasteiger partial charge in [0.1, 0.15) is 0 Å². The van der Waals surface area contributed by atoms with Gasteiger partial charge in [0, 0.05) is 32.7 Å². The summed E-state index contributed by atoms with van der Waals surface area (Å²) in [5, 5.41) is 12.1. The monoisotopic (exact) mass is 291 g/mol. The van der Waals surface area contributed by atoms with Gasteiger partial charge in [0.05, 0.1) is 5.92 Å². The summed E-state index contributed by atoms with van der Waals surface area (Å²) in [6, 6.07) is 0. The molecule has 0 radical (unpaired) electrons. The highest BCUT2D eigenvalue weighted by molar-refractivity contribution is 7.86. The molecule has 7 nitrogen and oxygen atoms in total. The zero-order valence-corrected chi connectivity index (χ0v) is 11.7. The Labute approximate surface area is 113 Å². The number of hydrogen-bond acceptors (Lipinski definition) is 4. The van der Waals surface area contributed by atoms with Crippen molar-refractivity contribution in [2.45, 2.75) is 19.3 Å². The van der Waals surface area contributed by atoms with Crippen molar-refractivity contribution in [3.05, 3.63) is 0 Å². The van der Waals surface area contributed by atoms with Crippen LogP contribution in [0.25, 0.3) is 0 Å². The molecular formula is C11H21N3O4S. The van der Waals surface area contributed by atoms with Gasteiger partial charge in [-0.3, -0.25) is 4.79 Å². The molecule has 0 aromatic carbocycles. The molecule has 2 fully saturated rings. The second-order valence-electron chi connectivity index (χ2n) is 5.02. The third kappa shape index (κ3) is 3.44. The standard InChI is InChI=1S/C11H21N3O4S/c15-11(16)10-2-7-14(8-3-10)19(17,18)13-6-1-4-12-5-9-13/h10,12H,1-9H2,(H,15,16). The number of aliphatic carboxylic acids is 1. The predicted molar refractivity (Wildman–Crippen MR) is 69.9 cm³/mol. The fourth-order valence-electron chi connectivity index (χ4n) is 2.55. The van der Waals surface area contributed by atoms with Gasteiger partial charge in [0.25, 0.3) is 10.2 Å². The summed E-state index contributed by atoms with van der Waals surface area (Å²) in [4.78, 5) is 10.9. The van der Waals surface area contributed by atoms with Gasteiger partial charge in [0.15, 0.2) is 0 Å². The molecule has 0 aromatic rings. The summed E-state index contributed by atoms with van der Waals surface area (Å²) in [5.41, 5.74) is 0. The highest BCUT2D eigenvalue weighted by Gasteiger charge is 2.34. The Balaban J connectivity index is 1.98. The molecule has 0 unspecified atom stereocenters. The summed E-state index contributed by atoms with van der Waals surface area (Å²) in [7, 11) is -3.42. The molecule has 2 N–H and O–H groups in total. The molecular weight excluding hydrogens is 270 g/mol. The Morgan fingerprint density at radius 3 is 2.32 bits per heavy atom. The lowest BCUT2D eigenvalue weighted by Crippen LogP contribution is -2.48. The van der Waals surface area contributed by atoms with Crippen molar-refractivity contribution in [3.8, 4) is 0 Å². The van der Waals surface area contributed by atoms with Crippen LogP contribution in [0.1, 0.15) is 19.3 Å². The smallest absolute Gasteiger partial charge is 0.306 e. The van der Waals surface area contributed by atoms with E-state index in [9.17, 15) is 13.2 Å². The average Bonchev–Trinajstić information content (AvgIpc) is 2.68. The minimum atomic E-state index is -3.42. The van der Waals surface area contributed by atoms with E-state index in [0.29, 0.717) is 45.6 Å². The second-order valence-corrected chi connectivity index (χ2v) is 6.95. The summed E-state index contributed by atoms with van der Waals surface area (Å²) < 4.78 is 27.8. The van der Waals surface area contributed by atoms with Crippen LogP contribution in [0.2, 0.25) is 0 Å². The molecule has 0 saturated carbocycles. The van der Waals surface area contributed by atoms with Crippen molar-refractivity contribution in [1.82, 2.24) is 13.9 Å². The van der Waals surface area contributed by atoms with Gasteiger partial charge in [-0.2, -0.15) is 17.0 Å². The van der Waals surface area contributed by atoms with E-state index < -0.39 is 22.1 Å². The van der Waals surface area contributed by atoms with Gasteiger partial charge >= 0.3 is 5.97 Å². The normalized spacial score (nSPS) is 25.1. The molecule has 2 rings (SSSR count). The van der Waals surface area contributed by atoms with E-state index in [-0.39, 0.29) is 0 Å². The minimum Gasteiger partial charge on any atom is -0.481 e. The first-order valence-electron chi connectivity index (χ1n) is 6.70. The fourth-order valence-corrected chi connectivity index (χ4v) is 4.23. The van der Waals surface area contributed by atoms with Crippen LogP contribution in [0.15, 0.2) is 0 Å². The van der Waals surface area contributed by atoms with E-state index in [1.807, 2.05) is 0 Å². The third-order valence-corrected chi connectivity index (χ3v) is 5.79. The van der Waals surface area contributed by atoms with Crippen LogP contribution >= 0.6 is 0 Å². The van der Waals surface area contributed by atoms with Gasteiger partial charge in [0.2, 0.25) is 0 Å². The lowest BCUT2D eigenvalue weighted by atomic mass is 9.99. The van der Waals surface area contributed by atoms with Crippen molar-refractivity contribution >= 4 is 16.2 Å². The maximum absolute atomic E-state index is 12.4. The number of nitrogens with zero attached hydrogens (tertiary/aromatic N) is 2. The van der Waals surface area contributed by atoms with Crippen LogP contribution in [0, 0.1) is 5.92 Å². The average molecular weight is 291 g/mol. The molecule has 2 heterocycles. The van der Waals surface area contributed by atoms with Crippen LogP contribution in [0.5, 0.6) is 0 Å². The Morgan fingerprint density at radius 1 is 1.05 bits per heavy atom. The molecule has 2 aliphatic rings. The number of carboxylic acids is 1. The lowest BCUT2D eigenvalue weighted by Gasteiger charge is -2.33. The first-order chi connectivity index (χ1) is 9.01. The van der Waals surface area contributed by atoms with E-state index in [1.165, 1.54) is 8.61 Å². The van der Waals surface area contributed by atoms with Crippen LogP contribution in [-0.2, 0) is 15.0 Å². The van der Waals surface area contributed by atoms with E-state index in [4.69, 9.17) is 5.11 Å². The SMILES string of the molecule is O=C(O)C1CCN(S(=O)(=O)N2CCCNCC2)CC1. The van der Waals surface area contributed by atoms with E-state index in [2.05, 4.69) is 5.32 Å². The zero-order chi connectivity index (χ0) is 13.9. The molecule has 0 aliphatic carbocycles. The molecule has 0 bridgehead atoms. The molecule has 19 heavy (non-hydrogen) atoms. The Bertz CT molecular complexity index is 410. The van der Waals surface area contributed by atoms with Gasteiger partial charge < -0.3 is 10.4 Å². The molecule has 0 atom stereocenters. The zero-order valence-electron chi connectivity index (χ0n) is 10.9. The molecule has 0 aromatic heterocycles. The van der Waals surface area contributed by atoms with Crippen LogP contribution in [0.4, 0.5) is 0 Å². The van der Waals surface area contributed by atoms with Crippen molar-refractivity contribution in [2.24, 2.45) is 5.92 Å². The number of carbonyl (C=O) groups is 1. The van der Waals surface area contributed by atoms with E-state index in [0.717, 1.165) is 13.0 Å². The topological polar surface area (TPSA) is 90.0 Å². The molecule has 2 saturated heterocycles. The number of nitrogens with one attached hydrogen (secondary N) is 1. The fraction of sp³-hybridized carbons (Fsp3) is 0.909. The Hall–Kier alpha value is -0.700. The maximum atomic E-state index is 12.4. The summed E-state index contributed by atoms with van der Waals surface area (Å²) in [5.74, 6) is -1.23. The highest BCUT2D eigenvalue weighted by atomic mass is 32.2. The Morgan fingerprint density at radius 2 is 1.68 bits per heavy atom. The molecule has 8 heteroatoms. The minimum absolute atomic E-state index is 0.309. The first kappa shape index (κ1) is 14.7. The lowest BCUT2D eigenvalue weighted by molar-refractivity contribution is -0.142. The Kier molecular flexibility index (Phi) is 4.77. The predicted octanol–water partition coefficient (Wildman–Crippen LogP) is -0.677. The van der Waals surface area contributed by atoms with Gasteiger partial charge in [-0.05, 0) is 25.8 Å². The first-order valence-corrected chi connectivity index (χ1v) is 8.10. The highest BCUT2D eigenvalue weighted by Crippen LogP contribution is 2.21. The number of hydrogen-bond donors (Lipinski definition) is 2. The van der Waals surface area contributed by atoms with Crippen molar-refractivity contribution in [2.75, 3.05) is 39.3 Å². The summed E-state index contributed by atoms with van der Waals surface area (Å²) in [6.07, 6.45) is 1.62. The van der Waals surface area contributed by atoms with Gasteiger partial charge in [-0.15, -0.1) is 0 Å². The van der Waals surface area contributed by atoms with Gasteiger partial charge in [-0.1, -0.05) is 0 Å². The van der Waals surface area contributed by atoms with Crippen LogP contribution < -0.4 is 5.32 Å². The number of carboxylic acid groups (broad SMARTS) is 1. The largest absolute Gasteiger partial charge is 0.481 e. The quantitative estimate of drug-likeness (QED) is 0.719. The number of piperidine rings is 1. The van der Waals surface area contributed by atoms with Crippen molar-refractivity contribution in [3.63, 3.8) is 0 Å². The number of rotatable bonds is 3. The maximum Gasteiger partial charge on any atom is 0.306 e. The molecule has 110 valence electrons. The van der Waals surface area contributed by atoms with E-state index in [1.54, 1.807) is 0 Å². The van der Waals surface area contributed by atoms with Crippen LogP contribution in [-0.4, -0.2) is 67.4 Å². The molecule has 2 aliphatic heterocycles. The van der Waals surface area contributed by atoms with Crippen molar-refractivity contribution < 1.29 is 18.3 Å². The summed E-state index contributed by atoms with van der Waals surface area (Å²) in [6.45, 7) is 3.15. The molecule has 0 amide bonds. The summed E-state index contributed by atoms with van der Waals surface area (Å²) >= 11 is 0. The van der Waals surface area contributed by atoms with E-state index >= 15 is 0 Å².